The minimum absolute atomic E-state index is 0.279. The van der Waals surface area contributed by atoms with Crippen LogP contribution in [0.25, 0.3) is 0 Å². The second-order valence-electron chi connectivity index (χ2n) is 3.72. The van der Waals surface area contributed by atoms with Gasteiger partial charge >= 0.3 is 5.97 Å². The maximum absolute atomic E-state index is 10.8. The second kappa shape index (κ2) is 7.36. The summed E-state index contributed by atoms with van der Waals surface area (Å²) in [6, 6.07) is 0. The minimum Gasteiger partial charge on any atom is -0.466 e. The molecule has 0 aromatic heterocycles. The first-order valence-electron chi connectivity index (χ1n) is 4.95. The Bertz CT molecular complexity index is 222. The van der Waals surface area contributed by atoms with Crippen molar-refractivity contribution >= 4 is 5.97 Å². The van der Waals surface area contributed by atoms with Crippen molar-refractivity contribution in [2.45, 2.75) is 33.6 Å². The van der Waals surface area contributed by atoms with Crippen LogP contribution in [-0.4, -0.2) is 13.1 Å². The van der Waals surface area contributed by atoms with Gasteiger partial charge in [0, 0.05) is 6.08 Å². The van der Waals surface area contributed by atoms with E-state index in [-0.39, 0.29) is 5.97 Å². The second-order valence-corrected chi connectivity index (χ2v) is 3.72. The Labute approximate surface area is 86.6 Å². The van der Waals surface area contributed by atoms with Gasteiger partial charge in [0.15, 0.2) is 0 Å². The molecule has 0 saturated carbocycles. The number of allylic oxidation sites excluding steroid dienone is 3. The van der Waals surface area contributed by atoms with Gasteiger partial charge in [-0.05, 0) is 32.6 Å². The van der Waals surface area contributed by atoms with Crippen LogP contribution < -0.4 is 0 Å². The van der Waals surface area contributed by atoms with E-state index in [0.29, 0.717) is 5.92 Å². The van der Waals surface area contributed by atoms with E-state index in [9.17, 15) is 4.79 Å². The fourth-order valence-electron chi connectivity index (χ4n) is 1.04. The van der Waals surface area contributed by atoms with E-state index in [0.717, 1.165) is 12.8 Å². The van der Waals surface area contributed by atoms with Crippen molar-refractivity contribution in [3.8, 4) is 0 Å². The van der Waals surface area contributed by atoms with Crippen LogP contribution in [0, 0.1) is 5.92 Å². The van der Waals surface area contributed by atoms with Crippen molar-refractivity contribution in [2.24, 2.45) is 5.92 Å². The van der Waals surface area contributed by atoms with E-state index in [1.165, 1.54) is 18.8 Å². The molecule has 1 atom stereocenters. The maximum atomic E-state index is 10.8. The Balaban J connectivity index is 3.75. The van der Waals surface area contributed by atoms with E-state index in [2.05, 4.69) is 31.6 Å². The molecule has 0 N–H and O–H groups in total. The number of hydrogen-bond donors (Lipinski definition) is 0. The first-order valence-corrected chi connectivity index (χ1v) is 4.95. The van der Waals surface area contributed by atoms with Crippen molar-refractivity contribution in [1.29, 1.82) is 0 Å². The molecule has 1 unspecified atom stereocenters. The summed E-state index contributed by atoms with van der Waals surface area (Å²) in [5.41, 5.74) is 1.34. The minimum atomic E-state index is -0.279. The van der Waals surface area contributed by atoms with E-state index in [4.69, 9.17) is 0 Å². The molecule has 80 valence electrons. The number of esters is 1. The Morgan fingerprint density at radius 3 is 2.57 bits per heavy atom. The summed E-state index contributed by atoms with van der Waals surface area (Å²) in [4.78, 5) is 10.8. The number of hydrogen-bond acceptors (Lipinski definition) is 2. The van der Waals surface area contributed by atoms with Crippen LogP contribution in [0.3, 0.4) is 0 Å². The van der Waals surface area contributed by atoms with Crippen molar-refractivity contribution in [2.75, 3.05) is 7.11 Å². The SMILES string of the molecule is COC(=O)/C=C/C(C)CCC=C(C)C. The van der Waals surface area contributed by atoms with Crippen molar-refractivity contribution in [3.63, 3.8) is 0 Å². The molecule has 0 aliphatic heterocycles. The normalized spacial score (nSPS) is 12.6. The lowest BCUT2D eigenvalue weighted by Gasteiger charge is -2.02. The first-order chi connectivity index (χ1) is 6.56. The maximum Gasteiger partial charge on any atom is 0.330 e. The predicted molar refractivity (Wildman–Crippen MR) is 59.0 cm³/mol. The molecule has 2 heteroatoms. The number of ether oxygens (including phenoxy) is 1. The highest BCUT2D eigenvalue weighted by atomic mass is 16.5. The molecule has 0 aromatic rings. The molecule has 0 radical (unpaired) electrons. The zero-order valence-corrected chi connectivity index (χ0v) is 9.54. The molecule has 0 aromatic carbocycles. The summed E-state index contributed by atoms with van der Waals surface area (Å²) in [7, 11) is 1.39. The Morgan fingerprint density at radius 2 is 2.07 bits per heavy atom. The summed E-state index contributed by atoms with van der Waals surface area (Å²) in [6.07, 6.45) is 7.73. The van der Waals surface area contributed by atoms with Gasteiger partial charge in [-0.1, -0.05) is 24.6 Å². The molecule has 0 fully saturated rings. The number of carbonyl (C=O) groups is 1. The molecule has 0 saturated heterocycles. The molecular weight excluding hydrogens is 176 g/mol. The molecule has 0 aliphatic rings. The summed E-state index contributed by atoms with van der Waals surface area (Å²) < 4.78 is 4.51. The average Bonchev–Trinajstić information content (AvgIpc) is 2.13. The number of carbonyl (C=O) groups excluding carboxylic acids is 1. The van der Waals surface area contributed by atoms with Gasteiger partial charge in [-0.25, -0.2) is 4.79 Å². The predicted octanol–water partition coefficient (Wildman–Crippen LogP) is 3.10. The molecule has 0 heterocycles. The van der Waals surface area contributed by atoms with Crippen LogP contribution in [0.1, 0.15) is 33.6 Å². The summed E-state index contributed by atoms with van der Waals surface area (Å²) in [6.45, 7) is 6.28. The molecule has 2 nitrogen and oxygen atoms in total. The first kappa shape index (κ1) is 12.9. The third-order valence-corrected chi connectivity index (χ3v) is 1.94. The van der Waals surface area contributed by atoms with Gasteiger partial charge in [0.25, 0.3) is 0 Å². The van der Waals surface area contributed by atoms with Crippen molar-refractivity contribution in [3.05, 3.63) is 23.8 Å². The van der Waals surface area contributed by atoms with Crippen molar-refractivity contribution in [1.82, 2.24) is 0 Å². The lowest BCUT2D eigenvalue weighted by atomic mass is 10.0. The zero-order chi connectivity index (χ0) is 11.0. The van der Waals surface area contributed by atoms with Gasteiger partial charge in [0.05, 0.1) is 7.11 Å². The van der Waals surface area contributed by atoms with Gasteiger partial charge < -0.3 is 4.74 Å². The van der Waals surface area contributed by atoms with E-state index < -0.39 is 0 Å². The number of methoxy groups -OCH3 is 1. The van der Waals surface area contributed by atoms with Crippen LogP contribution in [-0.2, 0) is 9.53 Å². The van der Waals surface area contributed by atoms with Gasteiger partial charge in [-0.3, -0.25) is 0 Å². The lowest BCUT2D eigenvalue weighted by Crippen LogP contribution is -1.96. The standard InChI is InChI=1S/C12H20O2/c1-10(2)6-5-7-11(3)8-9-12(13)14-4/h6,8-9,11H,5,7H2,1-4H3/b9-8+. The molecule has 0 rings (SSSR count). The summed E-state index contributed by atoms with van der Waals surface area (Å²) in [5.74, 6) is 0.142. The molecular formula is C12H20O2. The molecule has 0 amide bonds. The zero-order valence-electron chi connectivity index (χ0n) is 9.54. The Hall–Kier alpha value is -1.05. The third kappa shape index (κ3) is 7.59. The quantitative estimate of drug-likeness (QED) is 0.383. The molecule has 0 aliphatic carbocycles. The monoisotopic (exact) mass is 196 g/mol. The smallest absolute Gasteiger partial charge is 0.330 e. The Kier molecular flexibility index (Phi) is 6.81. The fourth-order valence-corrected chi connectivity index (χ4v) is 1.04. The molecule has 14 heavy (non-hydrogen) atoms. The van der Waals surface area contributed by atoms with Gasteiger partial charge in [0.1, 0.15) is 0 Å². The molecule has 0 spiro atoms. The molecule has 0 bridgehead atoms. The van der Waals surface area contributed by atoms with E-state index in [1.54, 1.807) is 0 Å². The van der Waals surface area contributed by atoms with Crippen LogP contribution in [0.2, 0.25) is 0 Å². The third-order valence-electron chi connectivity index (χ3n) is 1.94. The topological polar surface area (TPSA) is 26.3 Å². The van der Waals surface area contributed by atoms with Crippen molar-refractivity contribution < 1.29 is 9.53 Å². The summed E-state index contributed by atoms with van der Waals surface area (Å²) in [5, 5.41) is 0. The Morgan fingerprint density at radius 1 is 1.43 bits per heavy atom. The van der Waals surface area contributed by atoms with Gasteiger partial charge in [-0.2, -0.15) is 0 Å². The van der Waals surface area contributed by atoms with Gasteiger partial charge in [-0.15, -0.1) is 0 Å². The van der Waals surface area contributed by atoms with E-state index >= 15 is 0 Å². The highest BCUT2D eigenvalue weighted by Crippen LogP contribution is 2.09. The highest BCUT2D eigenvalue weighted by molar-refractivity contribution is 5.81. The highest BCUT2D eigenvalue weighted by Gasteiger charge is 1.97. The van der Waals surface area contributed by atoms with Crippen LogP contribution >= 0.6 is 0 Å². The summed E-state index contributed by atoms with van der Waals surface area (Å²) >= 11 is 0. The number of rotatable bonds is 5. The average molecular weight is 196 g/mol. The van der Waals surface area contributed by atoms with E-state index in [1.807, 2.05) is 6.08 Å². The lowest BCUT2D eigenvalue weighted by molar-refractivity contribution is -0.134. The van der Waals surface area contributed by atoms with Gasteiger partial charge in [0.2, 0.25) is 0 Å². The fraction of sp³-hybridized carbons (Fsp3) is 0.583. The largest absolute Gasteiger partial charge is 0.466 e. The van der Waals surface area contributed by atoms with Crippen LogP contribution in [0.4, 0.5) is 0 Å². The van der Waals surface area contributed by atoms with Crippen LogP contribution in [0.5, 0.6) is 0 Å². The van der Waals surface area contributed by atoms with Crippen LogP contribution in [0.15, 0.2) is 23.8 Å².